The fraction of sp³-hybridized carbons (Fsp3) is 0.667. The van der Waals surface area contributed by atoms with Crippen LogP contribution in [0.15, 0.2) is 0 Å². The number of thiophene rings is 1. The van der Waals surface area contributed by atoms with E-state index in [1.807, 2.05) is 0 Å². The molecule has 0 fully saturated rings. The van der Waals surface area contributed by atoms with Gasteiger partial charge in [-0.15, -0.1) is 11.3 Å². The van der Waals surface area contributed by atoms with E-state index in [0.717, 1.165) is 31.2 Å². The molecule has 0 saturated carbocycles. The van der Waals surface area contributed by atoms with Gasteiger partial charge in [-0.1, -0.05) is 19.8 Å². The Balaban J connectivity index is 2.08. The van der Waals surface area contributed by atoms with Crippen LogP contribution in [0, 0.1) is 5.92 Å². The van der Waals surface area contributed by atoms with Gasteiger partial charge >= 0.3 is 11.9 Å². The molecule has 1 N–H and O–H groups in total. The molecule has 0 bridgehead atoms. The third kappa shape index (κ3) is 6.06. The van der Waals surface area contributed by atoms with Crippen LogP contribution in [0.25, 0.3) is 0 Å². The van der Waals surface area contributed by atoms with Crippen LogP contribution in [0.3, 0.4) is 0 Å². The van der Waals surface area contributed by atoms with Crippen molar-refractivity contribution in [2.75, 3.05) is 18.5 Å². The standard InChI is InChI=1S/C21H31NO5S/c1-4-8-14-11-12-15-16(13-14)28-20(19(15)21(25)27-6-3)22-17(23)9-7-10-18(24)26-5-2/h14H,4-13H2,1-3H3,(H,22,23)/t14-/m0/s1. The normalized spacial score (nSPS) is 15.6. The first-order chi connectivity index (χ1) is 13.5. The number of esters is 2. The van der Waals surface area contributed by atoms with Crippen molar-refractivity contribution < 1.29 is 23.9 Å². The fourth-order valence-electron chi connectivity index (χ4n) is 3.63. The SMILES string of the molecule is CCC[C@H]1CCc2c(sc(NC(=O)CCCC(=O)OCC)c2C(=O)OCC)C1. The lowest BCUT2D eigenvalue weighted by Crippen LogP contribution is -2.17. The number of hydrogen-bond donors (Lipinski definition) is 1. The molecule has 0 unspecified atom stereocenters. The molecule has 0 radical (unpaired) electrons. The van der Waals surface area contributed by atoms with E-state index in [4.69, 9.17) is 9.47 Å². The molecule has 1 aliphatic rings. The van der Waals surface area contributed by atoms with Gasteiger partial charge in [-0.3, -0.25) is 9.59 Å². The molecule has 156 valence electrons. The summed E-state index contributed by atoms with van der Waals surface area (Å²) < 4.78 is 10.1. The van der Waals surface area contributed by atoms with Gasteiger partial charge in [-0.05, 0) is 51.0 Å². The van der Waals surface area contributed by atoms with E-state index in [0.29, 0.717) is 36.1 Å². The monoisotopic (exact) mass is 409 g/mol. The molecule has 0 saturated heterocycles. The molecule has 1 aliphatic carbocycles. The zero-order chi connectivity index (χ0) is 20.5. The summed E-state index contributed by atoms with van der Waals surface area (Å²) in [6, 6.07) is 0. The Bertz CT molecular complexity index is 697. The highest BCUT2D eigenvalue weighted by molar-refractivity contribution is 7.17. The van der Waals surface area contributed by atoms with Gasteiger partial charge in [0.25, 0.3) is 0 Å². The van der Waals surface area contributed by atoms with Crippen LogP contribution < -0.4 is 5.32 Å². The van der Waals surface area contributed by atoms with E-state index >= 15 is 0 Å². The zero-order valence-electron chi connectivity index (χ0n) is 17.1. The highest BCUT2D eigenvalue weighted by Crippen LogP contribution is 2.41. The lowest BCUT2D eigenvalue weighted by Gasteiger charge is -2.21. The maximum absolute atomic E-state index is 12.5. The van der Waals surface area contributed by atoms with E-state index in [-0.39, 0.29) is 30.7 Å². The summed E-state index contributed by atoms with van der Waals surface area (Å²) in [5.74, 6) is -0.218. The third-order valence-corrected chi connectivity index (χ3v) is 6.06. The minimum atomic E-state index is -0.365. The van der Waals surface area contributed by atoms with Crippen LogP contribution in [0.1, 0.15) is 80.1 Å². The van der Waals surface area contributed by atoms with Crippen LogP contribution in [-0.4, -0.2) is 31.1 Å². The molecule has 2 rings (SSSR count). The lowest BCUT2D eigenvalue weighted by atomic mass is 9.84. The highest BCUT2D eigenvalue weighted by atomic mass is 32.1. The molecular formula is C21H31NO5S. The number of carbonyl (C=O) groups is 3. The molecule has 1 heterocycles. The Morgan fingerprint density at radius 1 is 1.11 bits per heavy atom. The van der Waals surface area contributed by atoms with Crippen molar-refractivity contribution >= 4 is 34.2 Å². The number of nitrogens with one attached hydrogen (secondary N) is 1. The summed E-state index contributed by atoms with van der Waals surface area (Å²) in [6.45, 7) is 6.37. The Labute approximate surface area is 171 Å². The van der Waals surface area contributed by atoms with Gasteiger partial charge < -0.3 is 14.8 Å². The zero-order valence-corrected chi connectivity index (χ0v) is 17.9. The minimum absolute atomic E-state index is 0.196. The van der Waals surface area contributed by atoms with Gasteiger partial charge in [0.1, 0.15) is 5.00 Å². The summed E-state index contributed by atoms with van der Waals surface area (Å²) in [4.78, 5) is 37.5. The second-order valence-corrected chi connectivity index (χ2v) is 8.14. The van der Waals surface area contributed by atoms with Crippen molar-refractivity contribution in [3.63, 3.8) is 0 Å². The molecule has 1 amide bonds. The molecule has 0 aromatic carbocycles. The molecule has 1 atom stereocenters. The van der Waals surface area contributed by atoms with Gasteiger partial charge in [-0.25, -0.2) is 4.79 Å². The van der Waals surface area contributed by atoms with Crippen molar-refractivity contribution in [1.29, 1.82) is 0 Å². The number of hydrogen-bond acceptors (Lipinski definition) is 6. The van der Waals surface area contributed by atoms with E-state index in [2.05, 4.69) is 12.2 Å². The molecule has 0 spiro atoms. The summed E-state index contributed by atoms with van der Waals surface area (Å²) in [5, 5.41) is 3.47. The smallest absolute Gasteiger partial charge is 0.341 e. The maximum atomic E-state index is 12.5. The number of ether oxygens (including phenoxy) is 2. The number of rotatable bonds is 10. The van der Waals surface area contributed by atoms with Gasteiger partial charge in [0.2, 0.25) is 5.91 Å². The van der Waals surface area contributed by atoms with E-state index in [1.165, 1.54) is 22.6 Å². The number of anilines is 1. The predicted octanol–water partition coefficient (Wildman–Crippen LogP) is 4.50. The molecule has 0 aliphatic heterocycles. The second-order valence-electron chi connectivity index (χ2n) is 7.03. The maximum Gasteiger partial charge on any atom is 0.341 e. The third-order valence-electron chi connectivity index (χ3n) is 4.89. The Hall–Kier alpha value is -1.89. The van der Waals surface area contributed by atoms with E-state index in [9.17, 15) is 14.4 Å². The summed E-state index contributed by atoms with van der Waals surface area (Å²) in [6.07, 6.45) is 6.05. The second kappa shape index (κ2) is 11.2. The summed E-state index contributed by atoms with van der Waals surface area (Å²) >= 11 is 1.50. The number of carbonyl (C=O) groups excluding carboxylic acids is 3. The molecule has 1 aromatic rings. The van der Waals surface area contributed by atoms with Crippen LogP contribution >= 0.6 is 11.3 Å². The van der Waals surface area contributed by atoms with Crippen molar-refractivity contribution in [1.82, 2.24) is 0 Å². The molecule has 6 nitrogen and oxygen atoms in total. The Kier molecular flexibility index (Phi) is 8.96. The topological polar surface area (TPSA) is 81.7 Å². The van der Waals surface area contributed by atoms with E-state index in [1.54, 1.807) is 13.8 Å². The van der Waals surface area contributed by atoms with Crippen LogP contribution in [-0.2, 0) is 31.9 Å². The quantitative estimate of drug-likeness (QED) is 0.575. The van der Waals surface area contributed by atoms with Gasteiger partial charge in [0.15, 0.2) is 0 Å². The van der Waals surface area contributed by atoms with E-state index < -0.39 is 0 Å². The predicted molar refractivity (Wildman–Crippen MR) is 110 cm³/mol. The average molecular weight is 410 g/mol. The molecular weight excluding hydrogens is 378 g/mol. The van der Waals surface area contributed by atoms with Crippen LogP contribution in [0.5, 0.6) is 0 Å². The van der Waals surface area contributed by atoms with Crippen molar-refractivity contribution in [3.8, 4) is 0 Å². The van der Waals surface area contributed by atoms with Gasteiger partial charge in [0.05, 0.1) is 18.8 Å². The Morgan fingerprint density at radius 3 is 2.54 bits per heavy atom. The van der Waals surface area contributed by atoms with Gasteiger partial charge in [0, 0.05) is 17.7 Å². The van der Waals surface area contributed by atoms with Gasteiger partial charge in [-0.2, -0.15) is 0 Å². The van der Waals surface area contributed by atoms with Crippen molar-refractivity contribution in [2.24, 2.45) is 5.92 Å². The minimum Gasteiger partial charge on any atom is -0.466 e. The van der Waals surface area contributed by atoms with Crippen molar-refractivity contribution in [2.45, 2.75) is 72.1 Å². The van der Waals surface area contributed by atoms with Crippen LogP contribution in [0.2, 0.25) is 0 Å². The molecule has 1 aromatic heterocycles. The highest BCUT2D eigenvalue weighted by Gasteiger charge is 2.30. The first-order valence-electron chi connectivity index (χ1n) is 10.3. The Morgan fingerprint density at radius 2 is 1.86 bits per heavy atom. The lowest BCUT2D eigenvalue weighted by molar-refractivity contribution is -0.143. The largest absolute Gasteiger partial charge is 0.466 e. The number of fused-ring (bicyclic) bond motifs is 1. The first-order valence-corrected chi connectivity index (χ1v) is 11.1. The molecule has 28 heavy (non-hydrogen) atoms. The van der Waals surface area contributed by atoms with Crippen LogP contribution in [0.4, 0.5) is 5.00 Å². The fourth-order valence-corrected chi connectivity index (χ4v) is 5.00. The summed E-state index contributed by atoms with van der Waals surface area (Å²) in [7, 11) is 0. The number of amides is 1. The van der Waals surface area contributed by atoms with Crippen molar-refractivity contribution in [3.05, 3.63) is 16.0 Å². The molecule has 7 heteroatoms. The first kappa shape index (κ1) is 22.4. The summed E-state index contributed by atoms with van der Waals surface area (Å²) in [5.41, 5.74) is 1.56. The average Bonchev–Trinajstić information content (AvgIpc) is 2.99.